The van der Waals surface area contributed by atoms with Gasteiger partial charge in [-0.2, -0.15) is 10.4 Å². The van der Waals surface area contributed by atoms with Crippen molar-refractivity contribution in [2.75, 3.05) is 25.5 Å². The molecule has 232 valence electrons. The second-order valence-electron chi connectivity index (χ2n) is 12.2. The fraction of sp³-hybridized carbons (Fsp3) is 0.175. The lowest BCUT2D eigenvalue weighted by Crippen LogP contribution is -2.39. The van der Waals surface area contributed by atoms with Gasteiger partial charge in [0.15, 0.2) is 5.82 Å². The summed E-state index contributed by atoms with van der Waals surface area (Å²) in [6.45, 7) is 1.69. The van der Waals surface area contributed by atoms with E-state index in [1.165, 1.54) is 0 Å². The second-order valence-corrected chi connectivity index (χ2v) is 12.6. The number of benzene rings is 5. The molecule has 1 aromatic heterocycles. The van der Waals surface area contributed by atoms with Gasteiger partial charge in [-0.15, -0.1) is 0 Å². The lowest BCUT2D eigenvalue weighted by molar-refractivity contribution is -0.121. The number of amides is 1. The largest absolute Gasteiger partial charge is 0.308 e. The zero-order valence-corrected chi connectivity index (χ0v) is 26.9. The molecular formula is C40H34ClN5O. The highest BCUT2D eigenvalue weighted by Crippen LogP contribution is 2.44. The Bertz CT molecular complexity index is 1990. The maximum Gasteiger partial charge on any atom is 0.229 e. The molecule has 1 saturated heterocycles. The van der Waals surface area contributed by atoms with E-state index in [4.69, 9.17) is 16.7 Å². The summed E-state index contributed by atoms with van der Waals surface area (Å²) in [7, 11) is 2.06. The third-order valence-electron chi connectivity index (χ3n) is 9.22. The molecule has 0 radical (unpaired) electrons. The third kappa shape index (κ3) is 5.59. The van der Waals surface area contributed by atoms with Gasteiger partial charge >= 0.3 is 0 Å². The summed E-state index contributed by atoms with van der Waals surface area (Å²) in [5.41, 5.74) is 5.15. The van der Waals surface area contributed by atoms with Gasteiger partial charge in [-0.3, -0.25) is 4.79 Å². The zero-order chi connectivity index (χ0) is 32.4. The summed E-state index contributed by atoms with van der Waals surface area (Å²) >= 11 is 6.69. The van der Waals surface area contributed by atoms with Crippen LogP contribution in [0.4, 0.5) is 5.82 Å². The number of hydrogen-bond donors (Lipinski definition) is 1. The minimum absolute atomic E-state index is 0.0391. The normalized spacial score (nSPS) is 15.3. The first-order valence-corrected chi connectivity index (χ1v) is 16.3. The Morgan fingerprint density at radius 2 is 1.49 bits per heavy atom. The molecule has 1 atom stereocenters. The topological polar surface area (TPSA) is 74.0 Å². The van der Waals surface area contributed by atoms with Crippen molar-refractivity contribution >= 4 is 34.2 Å². The van der Waals surface area contributed by atoms with Crippen LogP contribution < -0.4 is 5.32 Å². The number of halogens is 1. The molecule has 1 aliphatic rings. The molecule has 0 bridgehead atoms. The molecule has 2 heterocycles. The summed E-state index contributed by atoms with van der Waals surface area (Å²) < 4.78 is 2.06. The Hall–Kier alpha value is -5.22. The van der Waals surface area contributed by atoms with Crippen LogP contribution in [0.5, 0.6) is 0 Å². The van der Waals surface area contributed by atoms with E-state index >= 15 is 0 Å². The fourth-order valence-corrected chi connectivity index (χ4v) is 7.18. The molecule has 1 fully saturated rings. The predicted molar refractivity (Wildman–Crippen MR) is 188 cm³/mol. The number of nitriles is 1. The molecule has 0 saturated carbocycles. The summed E-state index contributed by atoms with van der Waals surface area (Å²) in [6.07, 6.45) is 1.80. The molecule has 7 rings (SSSR count). The number of nitrogens with zero attached hydrogens (tertiary/aromatic N) is 4. The van der Waals surface area contributed by atoms with Gasteiger partial charge in [0.1, 0.15) is 5.54 Å². The van der Waals surface area contributed by atoms with Crippen LogP contribution in [0.1, 0.15) is 35.1 Å². The van der Waals surface area contributed by atoms with E-state index in [1.54, 1.807) is 18.2 Å². The Morgan fingerprint density at radius 3 is 2.06 bits per heavy atom. The van der Waals surface area contributed by atoms with E-state index in [0.29, 0.717) is 22.9 Å². The van der Waals surface area contributed by atoms with Crippen molar-refractivity contribution in [2.45, 2.75) is 18.4 Å². The number of anilines is 1. The van der Waals surface area contributed by atoms with Crippen LogP contribution in [0, 0.1) is 17.2 Å². The zero-order valence-electron chi connectivity index (χ0n) is 26.1. The number of piperidine rings is 1. The molecule has 1 unspecified atom stereocenters. The van der Waals surface area contributed by atoms with Crippen LogP contribution in [0.2, 0.25) is 5.02 Å². The molecule has 6 nitrogen and oxygen atoms in total. The van der Waals surface area contributed by atoms with E-state index in [9.17, 15) is 10.1 Å². The maximum atomic E-state index is 13.9. The molecule has 1 aliphatic heterocycles. The number of carbonyl (C=O) groups is 1. The molecular weight excluding hydrogens is 602 g/mol. The van der Waals surface area contributed by atoms with Crippen molar-refractivity contribution < 1.29 is 4.79 Å². The van der Waals surface area contributed by atoms with Crippen molar-refractivity contribution in [1.82, 2.24) is 14.7 Å². The van der Waals surface area contributed by atoms with Crippen molar-refractivity contribution in [3.8, 4) is 17.2 Å². The van der Waals surface area contributed by atoms with Crippen LogP contribution in [-0.2, 0) is 10.3 Å². The summed E-state index contributed by atoms with van der Waals surface area (Å²) in [4.78, 5) is 16.1. The second kappa shape index (κ2) is 12.9. The lowest BCUT2D eigenvalue weighted by Gasteiger charge is -2.37. The van der Waals surface area contributed by atoms with Crippen molar-refractivity contribution in [3.63, 3.8) is 0 Å². The minimum atomic E-state index is -0.879. The van der Waals surface area contributed by atoms with Crippen molar-refractivity contribution in [2.24, 2.45) is 5.92 Å². The molecule has 1 amide bonds. The SMILES string of the molecule is CN1CCCC(C(=O)Nc2nn(C(c3ccccc3)(c3ccccc3)c3ccccc3)c3ccc(-c4cc(C#N)ccc4Cl)cc23)C1. The number of hydrogen-bond acceptors (Lipinski definition) is 4. The van der Waals surface area contributed by atoms with Crippen molar-refractivity contribution in [3.05, 3.63) is 155 Å². The van der Waals surface area contributed by atoms with Crippen LogP contribution in [0.3, 0.4) is 0 Å². The number of likely N-dealkylation sites (tertiary alicyclic amines) is 1. The molecule has 1 N–H and O–H groups in total. The van der Waals surface area contributed by atoms with Crippen LogP contribution in [0.25, 0.3) is 22.0 Å². The Labute approximate surface area is 279 Å². The van der Waals surface area contributed by atoms with Gasteiger partial charge in [0.05, 0.1) is 23.1 Å². The van der Waals surface area contributed by atoms with Crippen LogP contribution >= 0.6 is 11.6 Å². The van der Waals surface area contributed by atoms with Gasteiger partial charge in [0, 0.05) is 22.5 Å². The minimum Gasteiger partial charge on any atom is -0.308 e. The summed E-state index contributed by atoms with van der Waals surface area (Å²) in [5.74, 6) is 0.309. The maximum absolute atomic E-state index is 13.9. The Morgan fingerprint density at radius 1 is 0.872 bits per heavy atom. The van der Waals surface area contributed by atoms with E-state index < -0.39 is 5.54 Å². The molecule has 6 aromatic rings. The number of carbonyl (C=O) groups excluding carboxylic acids is 1. The highest BCUT2D eigenvalue weighted by molar-refractivity contribution is 6.33. The van der Waals surface area contributed by atoms with Gasteiger partial charge in [0.25, 0.3) is 0 Å². The van der Waals surface area contributed by atoms with E-state index in [2.05, 4.69) is 64.4 Å². The van der Waals surface area contributed by atoms with Gasteiger partial charge in [0.2, 0.25) is 5.91 Å². The molecule has 7 heteroatoms. The average Bonchev–Trinajstić information content (AvgIpc) is 3.47. The average molecular weight is 636 g/mol. The predicted octanol–water partition coefficient (Wildman–Crippen LogP) is 8.35. The third-order valence-corrected chi connectivity index (χ3v) is 9.55. The Kier molecular flexibility index (Phi) is 8.34. The number of fused-ring (bicyclic) bond motifs is 1. The number of rotatable bonds is 7. The molecule has 5 aromatic carbocycles. The Balaban J connectivity index is 1.52. The standard InChI is InChI=1S/C40H34ClN5O/c1-45-23-11-12-30(27-45)39(47)43-38-35-25-29(34-24-28(26-42)19-21-36(34)41)20-22-37(35)46(44-38)40(31-13-5-2-6-14-31,32-15-7-3-8-16-32)33-17-9-4-10-18-33/h2-10,13-22,24-25,30H,11-12,23,27H2,1H3,(H,43,44,47). The first kappa shape index (κ1) is 30.4. The molecule has 47 heavy (non-hydrogen) atoms. The number of nitrogens with one attached hydrogen (secondary N) is 1. The molecule has 0 aliphatic carbocycles. The monoisotopic (exact) mass is 635 g/mol. The quantitative estimate of drug-likeness (QED) is 0.179. The van der Waals surface area contributed by atoms with E-state index in [0.717, 1.165) is 58.1 Å². The fourth-order valence-electron chi connectivity index (χ4n) is 6.95. The number of aromatic nitrogens is 2. The lowest BCUT2D eigenvalue weighted by atomic mass is 9.77. The van der Waals surface area contributed by atoms with Gasteiger partial charge in [-0.1, -0.05) is 109 Å². The highest BCUT2D eigenvalue weighted by Gasteiger charge is 2.41. The summed E-state index contributed by atoms with van der Waals surface area (Å²) in [6, 6.07) is 44.7. The highest BCUT2D eigenvalue weighted by atomic mass is 35.5. The van der Waals surface area contributed by atoms with Crippen molar-refractivity contribution in [1.29, 1.82) is 5.26 Å². The van der Waals surface area contributed by atoms with E-state index in [1.807, 2.05) is 72.8 Å². The summed E-state index contributed by atoms with van der Waals surface area (Å²) in [5, 5.41) is 19.5. The van der Waals surface area contributed by atoms with Gasteiger partial charge in [-0.05, 0) is 79.0 Å². The smallest absolute Gasteiger partial charge is 0.229 e. The first-order chi connectivity index (χ1) is 23.0. The van der Waals surface area contributed by atoms with Gasteiger partial charge < -0.3 is 10.2 Å². The van der Waals surface area contributed by atoms with Gasteiger partial charge in [-0.25, -0.2) is 4.68 Å². The molecule has 0 spiro atoms. The van der Waals surface area contributed by atoms with Crippen LogP contribution in [0.15, 0.2) is 127 Å². The van der Waals surface area contributed by atoms with Crippen LogP contribution in [-0.4, -0.2) is 40.7 Å². The van der Waals surface area contributed by atoms with E-state index in [-0.39, 0.29) is 11.8 Å². The first-order valence-electron chi connectivity index (χ1n) is 15.9.